The molecule has 0 spiro atoms. The molecule has 0 aromatic heterocycles. The van der Waals surface area contributed by atoms with Gasteiger partial charge in [0.25, 0.3) is 0 Å². The van der Waals surface area contributed by atoms with Gasteiger partial charge in [-0.3, -0.25) is 10.1 Å². The lowest BCUT2D eigenvalue weighted by atomic mass is 9.99. The second-order valence-electron chi connectivity index (χ2n) is 6.31. The van der Waals surface area contributed by atoms with Gasteiger partial charge in [-0.05, 0) is 36.2 Å². The monoisotopic (exact) mass is 284 g/mol. The topological polar surface area (TPSA) is 32.3 Å². The predicted octanol–water partition coefficient (Wildman–Crippen LogP) is 2.71. The molecular formula is C15H28N2OS. The van der Waals surface area contributed by atoms with E-state index in [4.69, 9.17) is 0 Å². The minimum atomic E-state index is 0.0342. The third-order valence-electron chi connectivity index (χ3n) is 4.60. The summed E-state index contributed by atoms with van der Waals surface area (Å²) in [5.74, 6) is 3.66. The van der Waals surface area contributed by atoms with E-state index in [1.54, 1.807) is 0 Å². The Hall–Kier alpha value is -0.220. The zero-order valence-electron chi connectivity index (χ0n) is 12.7. The number of hydrogen-bond donors (Lipinski definition) is 1. The van der Waals surface area contributed by atoms with Crippen molar-refractivity contribution in [1.29, 1.82) is 0 Å². The number of amides is 1. The molecule has 1 N–H and O–H groups in total. The molecule has 2 fully saturated rings. The molecule has 1 amide bonds. The summed E-state index contributed by atoms with van der Waals surface area (Å²) in [6.45, 7) is 8.79. The fourth-order valence-corrected chi connectivity index (χ4v) is 4.24. The van der Waals surface area contributed by atoms with Crippen LogP contribution in [0.1, 0.15) is 47.0 Å². The molecule has 0 aromatic rings. The van der Waals surface area contributed by atoms with Crippen LogP contribution in [0.5, 0.6) is 0 Å². The Morgan fingerprint density at radius 3 is 2.47 bits per heavy atom. The summed E-state index contributed by atoms with van der Waals surface area (Å²) in [6, 6.07) is 0.495. The van der Waals surface area contributed by atoms with Crippen LogP contribution in [0.2, 0.25) is 0 Å². The Balaban J connectivity index is 2.15. The van der Waals surface area contributed by atoms with E-state index in [1.807, 2.05) is 11.8 Å². The molecule has 2 saturated heterocycles. The van der Waals surface area contributed by atoms with Crippen LogP contribution in [0.15, 0.2) is 0 Å². The number of nitrogens with one attached hydrogen (secondary N) is 1. The summed E-state index contributed by atoms with van der Waals surface area (Å²) in [6.07, 6.45) is 3.62. The molecule has 2 rings (SSSR count). The van der Waals surface area contributed by atoms with Crippen LogP contribution in [0.4, 0.5) is 0 Å². The molecular weight excluding hydrogens is 256 g/mol. The van der Waals surface area contributed by atoms with Gasteiger partial charge in [-0.25, -0.2) is 0 Å². The normalized spacial score (nSPS) is 31.2. The van der Waals surface area contributed by atoms with E-state index >= 15 is 0 Å². The van der Waals surface area contributed by atoms with Crippen LogP contribution in [-0.4, -0.2) is 40.6 Å². The van der Waals surface area contributed by atoms with Gasteiger partial charge in [0.15, 0.2) is 0 Å². The van der Waals surface area contributed by atoms with Gasteiger partial charge in [-0.15, -0.1) is 0 Å². The van der Waals surface area contributed by atoms with Crippen LogP contribution < -0.4 is 5.32 Å². The van der Waals surface area contributed by atoms with Gasteiger partial charge in [-0.2, -0.15) is 11.8 Å². The fourth-order valence-electron chi connectivity index (χ4n) is 3.16. The van der Waals surface area contributed by atoms with Crippen molar-refractivity contribution in [3.05, 3.63) is 0 Å². The van der Waals surface area contributed by atoms with Gasteiger partial charge >= 0.3 is 0 Å². The van der Waals surface area contributed by atoms with Crippen LogP contribution in [0, 0.1) is 11.8 Å². The van der Waals surface area contributed by atoms with Gasteiger partial charge in [0.1, 0.15) is 0 Å². The highest BCUT2D eigenvalue weighted by Gasteiger charge is 2.45. The second kappa shape index (κ2) is 6.49. The first-order valence-electron chi connectivity index (χ1n) is 7.72. The number of rotatable bonds is 4. The average molecular weight is 284 g/mol. The van der Waals surface area contributed by atoms with E-state index < -0.39 is 0 Å². The highest BCUT2D eigenvalue weighted by molar-refractivity contribution is 7.99. The summed E-state index contributed by atoms with van der Waals surface area (Å²) in [4.78, 5) is 15.0. The molecule has 2 aliphatic rings. The quantitative estimate of drug-likeness (QED) is 0.861. The van der Waals surface area contributed by atoms with Crippen molar-refractivity contribution in [2.45, 2.75) is 65.2 Å². The highest BCUT2D eigenvalue weighted by Crippen LogP contribution is 2.30. The predicted molar refractivity (Wildman–Crippen MR) is 82.2 cm³/mol. The highest BCUT2D eigenvalue weighted by atomic mass is 32.2. The maximum atomic E-state index is 12.8. The van der Waals surface area contributed by atoms with Gasteiger partial charge < -0.3 is 4.90 Å². The Morgan fingerprint density at radius 2 is 1.95 bits per heavy atom. The van der Waals surface area contributed by atoms with Gasteiger partial charge in [0.05, 0.1) is 12.2 Å². The molecule has 3 unspecified atom stereocenters. The van der Waals surface area contributed by atoms with Crippen LogP contribution >= 0.6 is 11.8 Å². The Bertz CT molecular complexity index is 315. The summed E-state index contributed by atoms with van der Waals surface area (Å²) >= 11 is 2.02. The molecule has 3 nitrogen and oxygen atoms in total. The first-order valence-corrected chi connectivity index (χ1v) is 8.87. The third kappa shape index (κ3) is 3.10. The summed E-state index contributed by atoms with van der Waals surface area (Å²) in [7, 11) is 0. The van der Waals surface area contributed by atoms with Gasteiger partial charge in [0, 0.05) is 6.04 Å². The van der Waals surface area contributed by atoms with E-state index in [1.165, 1.54) is 11.5 Å². The molecule has 0 aromatic carbocycles. The van der Waals surface area contributed by atoms with Crippen LogP contribution in [-0.2, 0) is 4.79 Å². The Morgan fingerprint density at radius 1 is 1.32 bits per heavy atom. The van der Waals surface area contributed by atoms with Crippen molar-refractivity contribution in [1.82, 2.24) is 10.2 Å². The van der Waals surface area contributed by atoms with Crippen molar-refractivity contribution in [3.8, 4) is 0 Å². The number of hydrogen-bond acceptors (Lipinski definition) is 3. The zero-order chi connectivity index (χ0) is 14.0. The molecule has 2 heterocycles. The molecule has 19 heavy (non-hydrogen) atoms. The number of carbonyl (C=O) groups is 1. The maximum Gasteiger partial charge on any atom is 0.241 e. The van der Waals surface area contributed by atoms with Crippen molar-refractivity contribution in [3.63, 3.8) is 0 Å². The van der Waals surface area contributed by atoms with E-state index in [9.17, 15) is 4.79 Å². The number of nitrogens with zero attached hydrogens (tertiary/aromatic N) is 1. The molecule has 2 aliphatic heterocycles. The van der Waals surface area contributed by atoms with E-state index in [2.05, 4.69) is 37.9 Å². The van der Waals surface area contributed by atoms with E-state index in [-0.39, 0.29) is 12.2 Å². The molecule has 110 valence electrons. The lowest BCUT2D eigenvalue weighted by molar-refractivity contribution is -0.133. The lowest BCUT2D eigenvalue weighted by Crippen LogP contribution is -2.48. The first kappa shape index (κ1) is 15.2. The average Bonchev–Trinajstić information content (AvgIpc) is 2.77. The number of thioether (sulfide) groups is 1. The van der Waals surface area contributed by atoms with Crippen molar-refractivity contribution in [2.24, 2.45) is 11.8 Å². The fraction of sp³-hybridized carbons (Fsp3) is 0.933. The summed E-state index contributed by atoms with van der Waals surface area (Å²) in [5.41, 5.74) is 0. The number of carbonyl (C=O) groups excluding carboxylic acids is 1. The molecule has 0 radical (unpaired) electrons. The largest absolute Gasteiger partial charge is 0.322 e. The van der Waals surface area contributed by atoms with Crippen LogP contribution in [0.3, 0.4) is 0 Å². The maximum absolute atomic E-state index is 12.8. The SMILES string of the molecule is CCC(C)C1NC(C(C)C)N(C2CCSCC2)C1=O. The molecule has 0 saturated carbocycles. The van der Waals surface area contributed by atoms with Crippen molar-refractivity contribution in [2.75, 3.05) is 11.5 Å². The Kier molecular flexibility index (Phi) is 5.18. The molecule has 3 atom stereocenters. The van der Waals surface area contributed by atoms with Gasteiger partial charge in [0.2, 0.25) is 5.91 Å². The minimum Gasteiger partial charge on any atom is -0.322 e. The zero-order valence-corrected chi connectivity index (χ0v) is 13.5. The van der Waals surface area contributed by atoms with Gasteiger partial charge in [-0.1, -0.05) is 34.1 Å². The van der Waals surface area contributed by atoms with E-state index in [0.717, 1.165) is 19.3 Å². The summed E-state index contributed by atoms with van der Waals surface area (Å²) < 4.78 is 0. The van der Waals surface area contributed by atoms with E-state index in [0.29, 0.717) is 23.8 Å². The molecule has 0 bridgehead atoms. The Labute approximate surface area is 121 Å². The van der Waals surface area contributed by atoms with Crippen molar-refractivity contribution >= 4 is 17.7 Å². The lowest BCUT2D eigenvalue weighted by Gasteiger charge is -2.36. The van der Waals surface area contributed by atoms with Crippen LogP contribution in [0.25, 0.3) is 0 Å². The summed E-state index contributed by atoms with van der Waals surface area (Å²) in [5, 5.41) is 3.61. The standard InChI is InChI=1S/C15H28N2OS/c1-5-11(4)13-15(18)17(14(16-13)10(2)3)12-6-8-19-9-7-12/h10-14,16H,5-9H2,1-4H3. The van der Waals surface area contributed by atoms with Crippen molar-refractivity contribution < 1.29 is 4.79 Å². The minimum absolute atomic E-state index is 0.0342. The third-order valence-corrected chi connectivity index (χ3v) is 5.65. The molecule has 0 aliphatic carbocycles. The first-order chi connectivity index (χ1) is 9.06. The second-order valence-corrected chi connectivity index (χ2v) is 7.53. The molecule has 4 heteroatoms. The smallest absolute Gasteiger partial charge is 0.241 e.